The molecule has 0 nitrogen and oxygen atoms in total. The van der Waals surface area contributed by atoms with Crippen LogP contribution in [0.25, 0.3) is 0 Å². The van der Waals surface area contributed by atoms with E-state index in [1.807, 2.05) is 0 Å². The Kier molecular flexibility index (Phi) is 5.53. The molecule has 0 unspecified atom stereocenters. The molecule has 27 heavy (non-hydrogen) atoms. The van der Waals surface area contributed by atoms with Crippen molar-refractivity contribution >= 4 is 36.7 Å². The molecule has 140 valence electrons. The van der Waals surface area contributed by atoms with Crippen molar-refractivity contribution in [3.8, 4) is 0 Å². The molecule has 3 aromatic rings. The Bertz CT molecular complexity index is 755. The molecule has 0 amide bonds. The quantitative estimate of drug-likeness (QED) is 0.390. The molecule has 0 heterocycles. The van der Waals surface area contributed by atoms with Crippen LogP contribution in [0, 0.1) is 5.92 Å². The van der Waals surface area contributed by atoms with Gasteiger partial charge in [0.25, 0.3) is 0 Å². The van der Waals surface area contributed by atoms with Gasteiger partial charge in [-0.05, 0) is 0 Å². The van der Waals surface area contributed by atoms with Crippen LogP contribution in [0.1, 0.15) is 32.1 Å². The number of benzene rings is 3. The Morgan fingerprint density at radius 1 is 0.630 bits per heavy atom. The van der Waals surface area contributed by atoms with Gasteiger partial charge in [0.2, 0.25) is 0 Å². The van der Waals surface area contributed by atoms with E-state index in [0.717, 1.165) is 5.92 Å². The number of hydrogen-bond acceptors (Lipinski definition) is 0. The van der Waals surface area contributed by atoms with Crippen LogP contribution in [0.2, 0.25) is 0 Å². The first-order valence-corrected chi connectivity index (χ1v) is 14.6. The Morgan fingerprint density at radius 3 is 1.37 bits per heavy atom. The average molecular weight is 439 g/mol. The molecule has 0 radical (unpaired) electrons. The van der Waals surface area contributed by atoms with E-state index in [4.69, 9.17) is 0 Å². The molecule has 2 heteroatoms. The van der Waals surface area contributed by atoms with Gasteiger partial charge < -0.3 is 0 Å². The van der Waals surface area contributed by atoms with Gasteiger partial charge in [0.15, 0.2) is 0 Å². The van der Waals surface area contributed by atoms with Crippen molar-refractivity contribution in [1.29, 1.82) is 0 Å². The van der Waals surface area contributed by atoms with Crippen LogP contribution in [-0.4, -0.2) is 6.16 Å². The topological polar surface area (TPSA) is 0 Å². The average Bonchev–Trinajstić information content (AvgIpc) is 3.28. The van der Waals surface area contributed by atoms with Crippen molar-refractivity contribution in [2.75, 3.05) is 6.16 Å². The molecule has 4 rings (SSSR count). The van der Waals surface area contributed by atoms with Crippen LogP contribution in [-0.2, 0) is 0 Å². The molecule has 0 N–H and O–H groups in total. The molecule has 0 aromatic heterocycles. The minimum atomic E-state index is -2.69. The van der Waals surface area contributed by atoms with E-state index in [0.29, 0.717) is 0 Å². The molecule has 0 spiro atoms. The van der Waals surface area contributed by atoms with Gasteiger partial charge in [-0.1, -0.05) is 0 Å². The summed E-state index contributed by atoms with van der Waals surface area (Å²) in [5, 5.41) is 1.64. The maximum atomic E-state index is 4.56. The summed E-state index contributed by atoms with van der Waals surface area (Å²) in [6.07, 6.45) is 8.10. The van der Waals surface area contributed by atoms with E-state index in [1.54, 1.807) is 0 Å². The number of halogens is 1. The fourth-order valence-electron chi connectivity index (χ4n) is 4.78. The van der Waals surface area contributed by atoms with Gasteiger partial charge >= 0.3 is 172 Å². The Hall–Kier alpha value is -1.43. The standard InChI is InChI=1S/C25H28BrP/c26-27(23-14-4-1-5-15-23,24-16-6-2-7-17-24,25-18-8-3-9-19-25)21-20-22-12-10-11-13-22/h1-9,14-19,22H,10-13,20-21H2. The second-order valence-electron chi connectivity index (χ2n) is 7.85. The summed E-state index contributed by atoms with van der Waals surface area (Å²) in [6, 6.07) is 33.6. The van der Waals surface area contributed by atoms with Crippen LogP contribution in [0.15, 0.2) is 91.0 Å². The van der Waals surface area contributed by atoms with E-state index < -0.39 is 5.31 Å². The monoisotopic (exact) mass is 438 g/mol. The molecular formula is C25H28BrP. The predicted octanol–water partition coefficient (Wildman–Crippen LogP) is 6.41. The van der Waals surface area contributed by atoms with Crippen molar-refractivity contribution in [2.45, 2.75) is 32.1 Å². The zero-order valence-electron chi connectivity index (χ0n) is 15.8. The summed E-state index contributed by atoms with van der Waals surface area (Å²) >= 11 is 4.56. The van der Waals surface area contributed by atoms with E-state index in [9.17, 15) is 0 Å². The molecular weight excluding hydrogens is 411 g/mol. The van der Waals surface area contributed by atoms with Gasteiger partial charge in [-0.15, -0.1) is 0 Å². The second-order valence-corrected chi connectivity index (χ2v) is 16.9. The van der Waals surface area contributed by atoms with E-state index >= 15 is 0 Å². The first kappa shape index (κ1) is 18.9. The molecule has 0 atom stereocenters. The third-order valence-electron chi connectivity index (χ3n) is 6.32. The van der Waals surface area contributed by atoms with Crippen LogP contribution >= 0.6 is 20.8 Å². The van der Waals surface area contributed by atoms with Gasteiger partial charge in [0.1, 0.15) is 0 Å². The molecule has 0 bridgehead atoms. The molecule has 0 saturated heterocycles. The summed E-state index contributed by atoms with van der Waals surface area (Å²) in [5.41, 5.74) is 0. The van der Waals surface area contributed by atoms with Crippen molar-refractivity contribution < 1.29 is 0 Å². The zero-order valence-corrected chi connectivity index (χ0v) is 18.3. The second kappa shape index (κ2) is 7.90. The summed E-state index contributed by atoms with van der Waals surface area (Å²) in [4.78, 5) is 0. The Morgan fingerprint density at radius 2 is 1.00 bits per heavy atom. The molecule has 1 saturated carbocycles. The van der Waals surface area contributed by atoms with Crippen LogP contribution in [0.4, 0.5) is 0 Å². The fourth-order valence-corrected chi connectivity index (χ4v) is 12.4. The van der Waals surface area contributed by atoms with E-state index in [2.05, 4.69) is 106 Å². The third-order valence-corrected chi connectivity index (χ3v) is 16.3. The van der Waals surface area contributed by atoms with Gasteiger partial charge in [-0.2, -0.15) is 0 Å². The number of rotatable bonds is 6. The Balaban J connectivity index is 1.93. The molecule has 3 aromatic carbocycles. The Labute approximate surface area is 171 Å². The molecule has 0 aliphatic heterocycles. The van der Waals surface area contributed by atoms with Gasteiger partial charge in [0, 0.05) is 0 Å². The first-order chi connectivity index (χ1) is 13.2. The summed E-state index contributed by atoms with van der Waals surface area (Å²) < 4.78 is 0. The fraction of sp³-hybridized carbons (Fsp3) is 0.280. The van der Waals surface area contributed by atoms with Crippen molar-refractivity contribution in [3.05, 3.63) is 91.0 Å². The van der Waals surface area contributed by atoms with Crippen molar-refractivity contribution in [3.63, 3.8) is 0 Å². The maximum absolute atomic E-state index is 4.56. The molecule has 1 fully saturated rings. The normalized spacial score (nSPS) is 16.7. The van der Waals surface area contributed by atoms with Crippen LogP contribution < -0.4 is 15.9 Å². The van der Waals surface area contributed by atoms with Crippen LogP contribution in [0.3, 0.4) is 0 Å². The zero-order chi connectivity index (χ0) is 18.6. The van der Waals surface area contributed by atoms with Crippen LogP contribution in [0.5, 0.6) is 0 Å². The summed E-state index contributed by atoms with van der Waals surface area (Å²) in [5.74, 6) is 0.875. The van der Waals surface area contributed by atoms with Crippen molar-refractivity contribution in [1.82, 2.24) is 0 Å². The van der Waals surface area contributed by atoms with Gasteiger partial charge in [0.05, 0.1) is 0 Å². The predicted molar refractivity (Wildman–Crippen MR) is 126 cm³/mol. The minimum absolute atomic E-state index is 0.875. The van der Waals surface area contributed by atoms with Gasteiger partial charge in [-0.3, -0.25) is 0 Å². The van der Waals surface area contributed by atoms with Crippen molar-refractivity contribution in [2.24, 2.45) is 5.92 Å². The van der Waals surface area contributed by atoms with E-state index in [-0.39, 0.29) is 0 Å². The van der Waals surface area contributed by atoms with E-state index in [1.165, 1.54) is 54.2 Å². The third kappa shape index (κ3) is 3.41. The molecule has 1 aliphatic rings. The summed E-state index contributed by atoms with van der Waals surface area (Å²) in [6.45, 7) is 0. The first-order valence-electron chi connectivity index (χ1n) is 10.1. The van der Waals surface area contributed by atoms with Gasteiger partial charge in [-0.25, -0.2) is 0 Å². The SMILES string of the molecule is BrP(CCC1CCCC1)(c1ccccc1)(c1ccccc1)c1ccccc1. The molecule has 1 aliphatic carbocycles. The summed E-state index contributed by atoms with van der Waals surface area (Å²) in [7, 11) is 0. The number of hydrogen-bond donors (Lipinski definition) is 0.